The van der Waals surface area contributed by atoms with Crippen LogP contribution in [0.1, 0.15) is 27.2 Å². The average Bonchev–Trinajstić information content (AvgIpc) is 2.27. The van der Waals surface area contributed by atoms with Gasteiger partial charge >= 0.3 is 0 Å². The lowest BCUT2D eigenvalue weighted by Crippen LogP contribution is -2.20. The van der Waals surface area contributed by atoms with Crippen LogP contribution in [0, 0.1) is 5.92 Å². The molecule has 0 saturated carbocycles. The van der Waals surface area contributed by atoms with Gasteiger partial charge in [0.25, 0.3) is 0 Å². The minimum absolute atomic E-state index is 0.327. The zero-order valence-corrected chi connectivity index (χ0v) is 10.9. The van der Waals surface area contributed by atoms with Crippen LogP contribution in [0.4, 0.5) is 11.6 Å². The molecule has 0 amide bonds. The summed E-state index contributed by atoms with van der Waals surface area (Å²) in [6.07, 6.45) is 2.50. The Balaban J connectivity index is 2.53. The van der Waals surface area contributed by atoms with Gasteiger partial charge in [0, 0.05) is 18.7 Å². The Morgan fingerprint density at radius 2 is 1.94 bits per heavy atom. The van der Waals surface area contributed by atoms with Crippen LogP contribution < -0.4 is 16.4 Å². The summed E-state index contributed by atoms with van der Waals surface area (Å²) >= 11 is 0. The molecule has 1 unspecified atom stereocenters. The molecule has 1 aromatic rings. The third-order valence-corrected chi connectivity index (χ3v) is 2.35. The summed E-state index contributed by atoms with van der Waals surface area (Å²) in [6, 6.07) is 2.25. The van der Waals surface area contributed by atoms with E-state index in [0.717, 1.165) is 24.6 Å². The molecule has 0 spiro atoms. The van der Waals surface area contributed by atoms with Crippen molar-refractivity contribution < 1.29 is 0 Å². The van der Waals surface area contributed by atoms with E-state index in [4.69, 9.17) is 5.73 Å². The highest BCUT2D eigenvalue weighted by Crippen LogP contribution is 2.11. The summed E-state index contributed by atoms with van der Waals surface area (Å²) < 4.78 is 0. The van der Waals surface area contributed by atoms with Crippen LogP contribution in [-0.2, 0) is 0 Å². The summed E-state index contributed by atoms with van der Waals surface area (Å²) in [5.41, 5.74) is 5.51. The summed E-state index contributed by atoms with van der Waals surface area (Å²) in [6.45, 7) is 8.01. The number of nitrogens with two attached hydrogens (primary N) is 1. The van der Waals surface area contributed by atoms with E-state index in [1.165, 1.54) is 0 Å². The predicted molar refractivity (Wildman–Crippen MR) is 72.1 cm³/mol. The number of rotatable bonds is 7. The fourth-order valence-electron chi connectivity index (χ4n) is 1.42. The van der Waals surface area contributed by atoms with Crippen LogP contribution in [0.3, 0.4) is 0 Å². The molecule has 0 saturated heterocycles. The van der Waals surface area contributed by atoms with E-state index in [-0.39, 0.29) is 0 Å². The van der Waals surface area contributed by atoms with Crippen LogP contribution >= 0.6 is 0 Å². The lowest BCUT2D eigenvalue weighted by Gasteiger charge is -2.14. The van der Waals surface area contributed by atoms with E-state index in [2.05, 4.69) is 41.4 Å². The molecule has 5 heteroatoms. The Hall–Kier alpha value is -1.36. The van der Waals surface area contributed by atoms with Crippen molar-refractivity contribution in [3.63, 3.8) is 0 Å². The van der Waals surface area contributed by atoms with Gasteiger partial charge in [-0.05, 0) is 25.8 Å². The van der Waals surface area contributed by atoms with Gasteiger partial charge in [-0.25, -0.2) is 9.97 Å². The first-order valence-corrected chi connectivity index (χ1v) is 6.14. The van der Waals surface area contributed by atoms with Gasteiger partial charge < -0.3 is 16.4 Å². The van der Waals surface area contributed by atoms with Crippen molar-refractivity contribution in [2.75, 3.05) is 23.7 Å². The van der Waals surface area contributed by atoms with Crippen molar-refractivity contribution in [3.05, 3.63) is 12.4 Å². The Morgan fingerprint density at radius 3 is 2.59 bits per heavy atom. The van der Waals surface area contributed by atoms with Crippen molar-refractivity contribution in [2.45, 2.75) is 33.2 Å². The molecule has 17 heavy (non-hydrogen) atoms. The molecule has 1 rings (SSSR count). The molecule has 0 aliphatic carbocycles. The van der Waals surface area contributed by atoms with Gasteiger partial charge in [0.1, 0.15) is 18.0 Å². The second-order valence-corrected chi connectivity index (χ2v) is 4.69. The Morgan fingerprint density at radius 1 is 1.24 bits per heavy atom. The van der Waals surface area contributed by atoms with Crippen LogP contribution in [0.5, 0.6) is 0 Å². The highest BCUT2D eigenvalue weighted by molar-refractivity contribution is 5.46. The maximum Gasteiger partial charge on any atom is 0.131 e. The zero-order valence-electron chi connectivity index (χ0n) is 10.9. The monoisotopic (exact) mass is 237 g/mol. The summed E-state index contributed by atoms with van der Waals surface area (Å²) in [4.78, 5) is 8.36. The highest BCUT2D eigenvalue weighted by atomic mass is 15.1. The molecule has 1 heterocycles. The maximum absolute atomic E-state index is 5.51. The molecule has 1 atom stereocenters. The van der Waals surface area contributed by atoms with E-state index in [9.17, 15) is 0 Å². The molecule has 0 radical (unpaired) electrons. The number of hydrogen-bond donors (Lipinski definition) is 3. The normalized spacial score (nSPS) is 12.5. The number of anilines is 2. The highest BCUT2D eigenvalue weighted by Gasteiger charge is 2.03. The Bertz CT molecular complexity index is 326. The van der Waals surface area contributed by atoms with Gasteiger partial charge in [-0.3, -0.25) is 0 Å². The zero-order chi connectivity index (χ0) is 12.7. The fourth-order valence-corrected chi connectivity index (χ4v) is 1.42. The third-order valence-electron chi connectivity index (χ3n) is 2.35. The number of nitrogens with zero attached hydrogens (tertiary/aromatic N) is 2. The van der Waals surface area contributed by atoms with Crippen molar-refractivity contribution in [1.82, 2.24) is 9.97 Å². The van der Waals surface area contributed by atoms with Crippen LogP contribution in [-0.4, -0.2) is 29.1 Å². The number of nitrogens with one attached hydrogen (secondary N) is 2. The fraction of sp³-hybridized carbons (Fsp3) is 0.667. The van der Waals surface area contributed by atoms with Crippen molar-refractivity contribution in [3.8, 4) is 0 Å². The van der Waals surface area contributed by atoms with Crippen LogP contribution in [0.15, 0.2) is 12.4 Å². The largest absolute Gasteiger partial charge is 0.370 e. The lowest BCUT2D eigenvalue weighted by atomic mass is 10.2. The average molecular weight is 237 g/mol. The van der Waals surface area contributed by atoms with Gasteiger partial charge in [-0.15, -0.1) is 0 Å². The van der Waals surface area contributed by atoms with Gasteiger partial charge in [0.05, 0.1) is 0 Å². The predicted octanol–water partition coefficient (Wildman–Crippen LogP) is 1.69. The summed E-state index contributed by atoms with van der Waals surface area (Å²) in [7, 11) is 0. The van der Waals surface area contributed by atoms with E-state index in [1.807, 2.05) is 6.07 Å². The topological polar surface area (TPSA) is 75.9 Å². The molecule has 1 aromatic heterocycles. The molecule has 0 aliphatic heterocycles. The molecule has 5 nitrogen and oxygen atoms in total. The minimum Gasteiger partial charge on any atom is -0.370 e. The lowest BCUT2D eigenvalue weighted by molar-refractivity contribution is 0.686. The van der Waals surface area contributed by atoms with Gasteiger partial charge in [0.2, 0.25) is 0 Å². The molecular formula is C12H23N5. The molecule has 0 aromatic carbocycles. The standard InChI is InChI=1S/C12H23N5/c1-9(2)7-14-11-6-12(16-8-15-11)17-10(3)4-5-13/h6,8-10H,4-5,7,13H2,1-3H3,(H2,14,15,16,17). The molecule has 0 aliphatic rings. The SMILES string of the molecule is CC(C)CNc1cc(NC(C)CCN)ncn1. The van der Waals surface area contributed by atoms with E-state index >= 15 is 0 Å². The van der Waals surface area contributed by atoms with Gasteiger partial charge in [-0.1, -0.05) is 13.8 Å². The number of hydrogen-bond acceptors (Lipinski definition) is 5. The quantitative estimate of drug-likeness (QED) is 0.673. The molecule has 0 fully saturated rings. The first-order chi connectivity index (χ1) is 8.11. The molecular weight excluding hydrogens is 214 g/mol. The van der Waals surface area contributed by atoms with Crippen molar-refractivity contribution in [1.29, 1.82) is 0 Å². The first-order valence-electron chi connectivity index (χ1n) is 6.14. The Kier molecular flexibility index (Phi) is 5.69. The second kappa shape index (κ2) is 7.06. The van der Waals surface area contributed by atoms with E-state index in [0.29, 0.717) is 18.5 Å². The third kappa shape index (κ3) is 5.49. The van der Waals surface area contributed by atoms with Crippen LogP contribution in [0.2, 0.25) is 0 Å². The summed E-state index contributed by atoms with van der Waals surface area (Å²) in [5.74, 6) is 2.29. The second-order valence-electron chi connectivity index (χ2n) is 4.69. The maximum atomic E-state index is 5.51. The minimum atomic E-state index is 0.327. The molecule has 0 bridgehead atoms. The molecule has 4 N–H and O–H groups in total. The number of aromatic nitrogens is 2. The first kappa shape index (κ1) is 13.7. The van der Waals surface area contributed by atoms with Gasteiger partial charge in [0.15, 0.2) is 0 Å². The van der Waals surface area contributed by atoms with E-state index < -0.39 is 0 Å². The van der Waals surface area contributed by atoms with Gasteiger partial charge in [-0.2, -0.15) is 0 Å². The van der Waals surface area contributed by atoms with Crippen molar-refractivity contribution >= 4 is 11.6 Å². The van der Waals surface area contributed by atoms with E-state index in [1.54, 1.807) is 6.33 Å². The smallest absolute Gasteiger partial charge is 0.131 e. The molecule has 96 valence electrons. The van der Waals surface area contributed by atoms with Crippen molar-refractivity contribution in [2.24, 2.45) is 11.7 Å². The Labute approximate surface area is 103 Å². The van der Waals surface area contributed by atoms with Crippen LogP contribution in [0.25, 0.3) is 0 Å². The summed E-state index contributed by atoms with van der Waals surface area (Å²) in [5, 5.41) is 6.57.